The largest absolute Gasteiger partial charge is 0.309 e. The second kappa shape index (κ2) is 21.0. The van der Waals surface area contributed by atoms with Crippen LogP contribution in [0.2, 0.25) is 0 Å². The van der Waals surface area contributed by atoms with Gasteiger partial charge in [0, 0.05) is 70.7 Å². The third-order valence-electron chi connectivity index (χ3n) is 16.8. The van der Waals surface area contributed by atoms with E-state index in [0.717, 1.165) is 0 Å². The number of alkyl halides is 1. The second-order valence-electron chi connectivity index (χ2n) is 28.4. The minimum absolute atomic E-state index is 0.0278. The third kappa shape index (κ3) is 10.7. The predicted octanol–water partition coefficient (Wildman–Crippen LogP) is 23.0. The monoisotopic (exact) mass is 1130 g/mol. The Kier molecular flexibility index (Phi) is 14.1. The lowest BCUT2D eigenvalue weighted by atomic mass is 9.85. The third-order valence-corrected chi connectivity index (χ3v) is 16.8. The summed E-state index contributed by atoms with van der Waals surface area (Å²) in [4.78, 5) is -0.0278. The van der Waals surface area contributed by atoms with Crippen molar-refractivity contribution < 1.29 is 0 Å². The Labute approximate surface area is 507 Å². The van der Waals surface area contributed by atoms with Crippen molar-refractivity contribution in [1.29, 1.82) is 0 Å². The fourth-order valence-electron chi connectivity index (χ4n) is 12.4. The topological polar surface area (TPSA) is 19.7 Å². The molecule has 0 unspecified atom stereocenters. The molecule has 4 heterocycles. The van der Waals surface area contributed by atoms with E-state index in [-0.39, 0.29) is 26.5 Å². The smallest absolute Gasteiger partial charge is 0.0541 e. The second-order valence-corrected chi connectivity index (χ2v) is 29.6. The minimum Gasteiger partial charge on any atom is -0.309 e. The van der Waals surface area contributed by atoms with Crippen LogP contribution < -0.4 is 0 Å². The summed E-state index contributed by atoms with van der Waals surface area (Å²) in [5.41, 5.74) is 20.3. The molecule has 0 fully saturated rings. The molecular formula is C80H81ClN4. The Bertz CT molecular complexity index is 4310. The predicted molar refractivity (Wildman–Crippen MR) is 371 cm³/mol. The van der Waals surface area contributed by atoms with E-state index < -0.39 is 0 Å². The highest BCUT2D eigenvalue weighted by Gasteiger charge is 2.24. The Morgan fingerprint density at radius 3 is 0.600 bits per heavy atom. The molecule has 0 saturated carbocycles. The number of nitrogens with zero attached hydrogens (tertiary/aromatic N) is 4. The molecule has 0 amide bonds. The molecule has 0 N–H and O–H groups in total. The van der Waals surface area contributed by atoms with Crippen molar-refractivity contribution in [1.82, 2.24) is 18.3 Å². The van der Waals surface area contributed by atoms with Crippen LogP contribution in [0.5, 0.6) is 0 Å². The van der Waals surface area contributed by atoms with Crippen LogP contribution in [-0.4, -0.2) is 23.1 Å². The summed E-state index contributed by atoms with van der Waals surface area (Å²) in [6, 6.07) is 81.0. The van der Waals surface area contributed by atoms with E-state index in [1.807, 2.05) is 20.8 Å². The van der Waals surface area contributed by atoms with Crippen LogP contribution in [0, 0.1) is 0 Å². The number of benzene rings is 10. The number of aromatic nitrogens is 4. The molecule has 4 nitrogen and oxygen atoms in total. The van der Waals surface area contributed by atoms with E-state index in [1.165, 1.54) is 132 Å². The van der Waals surface area contributed by atoms with Gasteiger partial charge in [0.05, 0.1) is 44.1 Å². The van der Waals surface area contributed by atoms with Gasteiger partial charge in [0.25, 0.3) is 0 Å². The summed E-state index contributed by atoms with van der Waals surface area (Å²) in [6.07, 6.45) is 0. The van der Waals surface area contributed by atoms with Crippen molar-refractivity contribution in [2.24, 2.45) is 0 Å². The highest BCUT2D eigenvalue weighted by atomic mass is 35.5. The number of hydrogen-bond acceptors (Lipinski definition) is 0. The van der Waals surface area contributed by atoms with Crippen molar-refractivity contribution in [2.45, 2.75) is 130 Å². The lowest BCUT2D eigenvalue weighted by molar-refractivity contribution is 0.590. The lowest BCUT2D eigenvalue weighted by Gasteiger charge is -2.19. The van der Waals surface area contributed by atoms with E-state index >= 15 is 0 Å². The van der Waals surface area contributed by atoms with E-state index in [4.69, 9.17) is 11.6 Å². The average Bonchev–Trinajstić information content (AvgIpc) is 1.83. The zero-order valence-electron chi connectivity index (χ0n) is 52.5. The Morgan fingerprint density at radius 2 is 0.400 bits per heavy atom. The van der Waals surface area contributed by atoms with Crippen LogP contribution in [0.1, 0.15) is 126 Å². The number of para-hydroxylation sites is 4. The van der Waals surface area contributed by atoms with Gasteiger partial charge in [-0.05, 0) is 174 Å². The summed E-state index contributed by atoms with van der Waals surface area (Å²) in [6.45, 7) is 33.5. The standard InChI is InChI=1S/C46H52N2.C30H20N2.C4H9Cl/c1-43(2,3)29-16-20-39-35(24-29)36-25-30(44(4,5)6)17-21-40(36)47(39)33-14-13-15-34(28-33)48-41-22-18-31(45(7,8)9)26-37(41)38-27-32(46(10,11)12)19-23-42(38)48;1-5-16-27-23(12-1)24-13-2-6-17-28(24)31(27)21-10-9-11-22(20-21)32-29-18-7-3-14-25(29)26-15-4-8-19-30(26)32;1-4(2,3)5/h13-28H,1-12H3;1-20H;1-3H3. The van der Waals surface area contributed by atoms with Crippen molar-refractivity contribution in [2.75, 3.05) is 0 Å². The Balaban J connectivity index is 0.000000164. The molecule has 10 aromatic carbocycles. The maximum absolute atomic E-state index is 5.53. The van der Waals surface area contributed by atoms with Gasteiger partial charge >= 0.3 is 0 Å². The first-order valence-electron chi connectivity index (χ1n) is 30.3. The van der Waals surface area contributed by atoms with E-state index in [9.17, 15) is 0 Å². The Morgan fingerprint density at radius 1 is 0.212 bits per heavy atom. The maximum atomic E-state index is 5.53. The van der Waals surface area contributed by atoms with Gasteiger partial charge in [-0.3, -0.25) is 0 Å². The van der Waals surface area contributed by atoms with E-state index in [1.54, 1.807) is 0 Å². The molecule has 0 aliphatic heterocycles. The Hall–Kier alpha value is -8.31. The molecule has 4 aromatic heterocycles. The van der Waals surface area contributed by atoms with Gasteiger partial charge in [0.2, 0.25) is 0 Å². The van der Waals surface area contributed by atoms with Crippen LogP contribution in [0.15, 0.2) is 218 Å². The summed E-state index contributed by atoms with van der Waals surface area (Å²) in [7, 11) is 0. The first-order chi connectivity index (χ1) is 40.2. The molecule has 0 radical (unpaired) electrons. The molecule has 0 atom stereocenters. The first kappa shape index (κ1) is 57.1. The summed E-state index contributed by atoms with van der Waals surface area (Å²) >= 11 is 5.53. The molecular weight excluding hydrogens is 1050 g/mol. The quantitative estimate of drug-likeness (QED) is 0.157. The number of hydrogen-bond donors (Lipinski definition) is 0. The van der Waals surface area contributed by atoms with Crippen LogP contribution in [0.25, 0.3) is 110 Å². The molecule has 428 valence electrons. The highest BCUT2D eigenvalue weighted by molar-refractivity contribution is 6.23. The van der Waals surface area contributed by atoms with Crippen molar-refractivity contribution >= 4 is 98.8 Å². The van der Waals surface area contributed by atoms with Crippen molar-refractivity contribution in [3.8, 4) is 22.7 Å². The van der Waals surface area contributed by atoms with Crippen molar-refractivity contribution in [3.63, 3.8) is 0 Å². The van der Waals surface area contributed by atoms with Crippen LogP contribution in [-0.2, 0) is 21.7 Å². The number of fused-ring (bicyclic) bond motifs is 12. The molecule has 85 heavy (non-hydrogen) atoms. The molecule has 5 heteroatoms. The SMILES string of the molecule is CC(C)(C)Cl.CC(C)(C)c1ccc2c(c1)c1cc(C(C)(C)C)ccc1n2-c1cccc(-n2c3ccc(C(C)(C)C)cc3c3cc(C(C)(C)C)ccc32)c1.c1cc(-n2c3ccccc3c3ccccc32)cc(-n2c3ccccc3c3ccccc32)c1. The fraction of sp³-hybridized carbons (Fsp3) is 0.250. The normalized spacial score (nSPS) is 12.7. The molecule has 14 rings (SSSR count). The molecule has 0 aliphatic carbocycles. The fourth-order valence-corrected chi connectivity index (χ4v) is 12.4. The summed E-state index contributed by atoms with van der Waals surface area (Å²) in [5, 5.41) is 10.4. The van der Waals surface area contributed by atoms with Gasteiger partial charge < -0.3 is 18.3 Å². The summed E-state index contributed by atoms with van der Waals surface area (Å²) < 4.78 is 9.69. The zero-order chi connectivity index (χ0) is 60.1. The van der Waals surface area contributed by atoms with Gasteiger partial charge in [-0.25, -0.2) is 0 Å². The minimum atomic E-state index is -0.0278. The van der Waals surface area contributed by atoms with Crippen LogP contribution in [0.3, 0.4) is 0 Å². The first-order valence-corrected chi connectivity index (χ1v) is 30.7. The molecule has 0 aliphatic rings. The van der Waals surface area contributed by atoms with Crippen molar-refractivity contribution in [3.05, 3.63) is 241 Å². The number of rotatable bonds is 4. The van der Waals surface area contributed by atoms with E-state index in [0.29, 0.717) is 0 Å². The van der Waals surface area contributed by atoms with E-state index in [2.05, 4.69) is 320 Å². The van der Waals surface area contributed by atoms with Gasteiger partial charge in [0.1, 0.15) is 0 Å². The summed E-state index contributed by atoms with van der Waals surface area (Å²) in [5.74, 6) is 0. The lowest BCUT2D eigenvalue weighted by Crippen LogP contribution is -2.10. The van der Waals surface area contributed by atoms with Gasteiger partial charge in [-0.2, -0.15) is 0 Å². The van der Waals surface area contributed by atoms with Gasteiger partial charge in [-0.15, -0.1) is 11.6 Å². The number of halogens is 1. The molecule has 0 bridgehead atoms. The molecule has 0 saturated heterocycles. The highest BCUT2D eigenvalue weighted by Crippen LogP contribution is 2.42. The molecule has 0 spiro atoms. The average molecular weight is 1130 g/mol. The van der Waals surface area contributed by atoms with Crippen LogP contribution in [0.4, 0.5) is 0 Å². The van der Waals surface area contributed by atoms with Gasteiger partial charge in [0.15, 0.2) is 0 Å². The van der Waals surface area contributed by atoms with Gasteiger partial charge in [-0.1, -0.05) is 192 Å². The zero-order valence-corrected chi connectivity index (χ0v) is 53.2. The molecule has 14 aromatic rings. The maximum Gasteiger partial charge on any atom is 0.0541 e. The van der Waals surface area contributed by atoms with Crippen LogP contribution >= 0.6 is 11.6 Å².